The van der Waals surface area contributed by atoms with Gasteiger partial charge in [0.25, 0.3) is 0 Å². The minimum absolute atomic E-state index is 0. The second kappa shape index (κ2) is 10.7. The topological polar surface area (TPSA) is 83.2 Å². The number of hydrogen-bond acceptors (Lipinski definition) is 6. The van der Waals surface area contributed by atoms with E-state index >= 15 is 0 Å². The zero-order valence-electron chi connectivity index (χ0n) is 17.3. The van der Waals surface area contributed by atoms with Crippen LogP contribution >= 0.6 is 24.0 Å². The van der Waals surface area contributed by atoms with E-state index in [1.807, 2.05) is 17.9 Å². The molecular weight excluding hydrogens is 413 g/mol. The van der Waals surface area contributed by atoms with Crippen LogP contribution in [-0.2, 0) is 9.53 Å². The summed E-state index contributed by atoms with van der Waals surface area (Å²) in [5, 5.41) is 3.65. The Kier molecular flexibility index (Phi) is 8.82. The number of likely N-dealkylation sites (tertiary alicyclic amines) is 1. The number of allylic oxidation sites excluding steroid dienone is 2. The average molecular weight is 446 g/mol. The van der Waals surface area contributed by atoms with Crippen LogP contribution in [0.25, 0.3) is 0 Å². The first-order valence-corrected chi connectivity index (χ1v) is 10.6. The number of carbonyl (C=O) groups excluding carboxylic acids is 1. The van der Waals surface area contributed by atoms with E-state index in [1.54, 1.807) is 13.2 Å². The van der Waals surface area contributed by atoms with Gasteiger partial charge in [-0.25, -0.2) is 4.99 Å². The summed E-state index contributed by atoms with van der Waals surface area (Å²) in [4.78, 5) is 22.1. The predicted octanol–water partition coefficient (Wildman–Crippen LogP) is 2.07. The van der Waals surface area contributed by atoms with E-state index in [9.17, 15) is 4.79 Å². The lowest BCUT2D eigenvalue weighted by atomic mass is 9.93. The predicted molar refractivity (Wildman–Crippen MR) is 119 cm³/mol. The molecule has 29 heavy (non-hydrogen) atoms. The van der Waals surface area contributed by atoms with Gasteiger partial charge >= 0.3 is 0 Å². The Morgan fingerprint density at radius 3 is 2.79 bits per heavy atom. The lowest BCUT2D eigenvalue weighted by molar-refractivity contribution is -0.126. The molecule has 0 saturated carbocycles. The molecule has 3 aliphatic rings. The van der Waals surface area contributed by atoms with Crippen molar-refractivity contribution in [2.45, 2.75) is 38.1 Å². The molecule has 1 atom stereocenters. The highest BCUT2D eigenvalue weighted by Crippen LogP contribution is 2.31. The number of amidine groups is 1. The van der Waals surface area contributed by atoms with Gasteiger partial charge in [0.05, 0.1) is 11.6 Å². The Hall–Kier alpha value is -1.28. The summed E-state index contributed by atoms with van der Waals surface area (Å²) in [6.07, 6.45) is 7.47. The van der Waals surface area contributed by atoms with Crippen LogP contribution in [0.5, 0.6) is 0 Å². The number of methoxy groups -OCH3 is 1. The molecule has 0 radical (unpaired) electrons. The summed E-state index contributed by atoms with van der Waals surface area (Å²) in [5.74, 6) is 1.68. The smallest absolute Gasteiger partial charge is 0.249 e. The van der Waals surface area contributed by atoms with Crippen LogP contribution < -0.4 is 11.1 Å². The van der Waals surface area contributed by atoms with Gasteiger partial charge < -0.3 is 25.6 Å². The van der Waals surface area contributed by atoms with Crippen molar-refractivity contribution >= 4 is 35.8 Å². The van der Waals surface area contributed by atoms with Crippen LogP contribution in [0.15, 0.2) is 28.0 Å². The van der Waals surface area contributed by atoms with Crippen LogP contribution in [0, 0.1) is 5.92 Å². The molecule has 0 bridgehead atoms. The molecule has 3 aliphatic heterocycles. The normalized spacial score (nSPS) is 24.9. The third-order valence-electron chi connectivity index (χ3n) is 6.03. The largest absolute Gasteiger partial charge is 0.385 e. The Bertz CT molecular complexity index is 674. The van der Waals surface area contributed by atoms with E-state index in [0.29, 0.717) is 42.1 Å². The van der Waals surface area contributed by atoms with Crippen molar-refractivity contribution in [3.63, 3.8) is 0 Å². The van der Waals surface area contributed by atoms with Gasteiger partial charge in [0, 0.05) is 26.8 Å². The highest BCUT2D eigenvalue weighted by molar-refractivity contribution is 6.32. The van der Waals surface area contributed by atoms with Crippen molar-refractivity contribution in [2.24, 2.45) is 16.6 Å². The summed E-state index contributed by atoms with van der Waals surface area (Å²) in [5.41, 5.74) is 5.29. The van der Waals surface area contributed by atoms with Crippen molar-refractivity contribution in [1.82, 2.24) is 15.1 Å². The number of nitrogens with two attached hydrogens (primary N) is 1. The molecule has 1 fully saturated rings. The maximum atomic E-state index is 13.0. The molecule has 3 heterocycles. The average Bonchev–Trinajstić information content (AvgIpc) is 3.11. The number of hydrogen-bond donors (Lipinski definition) is 2. The molecule has 1 unspecified atom stereocenters. The van der Waals surface area contributed by atoms with E-state index in [2.05, 4.69) is 10.2 Å². The Morgan fingerprint density at radius 1 is 1.41 bits per heavy atom. The van der Waals surface area contributed by atoms with E-state index in [-0.39, 0.29) is 18.3 Å². The van der Waals surface area contributed by atoms with Crippen LogP contribution in [-0.4, -0.2) is 73.5 Å². The van der Waals surface area contributed by atoms with Gasteiger partial charge in [0.2, 0.25) is 5.91 Å². The standard InChI is InChI=1S/C20H32ClN5O2.ClH/c1-3-20(14-26-17(24-20)6-5-16(21)18(26)22)19(27)23-13-15-7-10-25(11-8-15)9-4-12-28-2;/h5-6,15H,3-4,7-14,22H2,1-2H3,(H,23,27);1H. The van der Waals surface area contributed by atoms with Gasteiger partial charge in [-0.2, -0.15) is 0 Å². The monoisotopic (exact) mass is 445 g/mol. The van der Waals surface area contributed by atoms with Gasteiger partial charge in [-0.15, -0.1) is 12.4 Å². The number of aliphatic imine (C=N–C) groups is 1. The Labute approximate surface area is 184 Å². The molecule has 0 aliphatic carbocycles. The third kappa shape index (κ3) is 5.45. The fraction of sp³-hybridized carbons (Fsp3) is 0.700. The number of rotatable bonds is 8. The number of carbonyl (C=O) groups is 1. The van der Waals surface area contributed by atoms with Crippen molar-refractivity contribution in [3.05, 3.63) is 23.0 Å². The second-order valence-corrected chi connectivity index (χ2v) is 8.26. The van der Waals surface area contributed by atoms with Crippen molar-refractivity contribution in [2.75, 3.05) is 46.4 Å². The molecule has 9 heteroatoms. The maximum Gasteiger partial charge on any atom is 0.249 e. The highest BCUT2D eigenvalue weighted by Gasteiger charge is 2.45. The molecule has 0 aromatic heterocycles. The molecule has 7 nitrogen and oxygen atoms in total. The fourth-order valence-electron chi connectivity index (χ4n) is 4.08. The zero-order valence-corrected chi connectivity index (χ0v) is 18.9. The first-order valence-electron chi connectivity index (χ1n) is 10.2. The number of nitrogens with one attached hydrogen (secondary N) is 1. The van der Waals surface area contributed by atoms with E-state index < -0.39 is 5.54 Å². The first kappa shape index (κ1) is 24.0. The molecular formula is C20H33Cl2N5O2. The lowest BCUT2D eigenvalue weighted by Gasteiger charge is -2.33. The van der Waals surface area contributed by atoms with Gasteiger partial charge in [-0.1, -0.05) is 18.5 Å². The summed E-state index contributed by atoms with van der Waals surface area (Å²) in [6, 6.07) is 0. The van der Waals surface area contributed by atoms with Gasteiger partial charge in [-0.05, 0) is 56.8 Å². The molecule has 164 valence electrons. The van der Waals surface area contributed by atoms with E-state index in [1.165, 1.54) is 0 Å². The van der Waals surface area contributed by atoms with Crippen LogP contribution in [0.4, 0.5) is 0 Å². The molecule has 0 spiro atoms. The van der Waals surface area contributed by atoms with E-state index in [4.69, 9.17) is 27.1 Å². The SMILES string of the molecule is CCC1(C(=O)NCC2CCN(CCCOC)CC2)CN2C(=N1)C=CC(Cl)=C2N.Cl. The molecule has 3 rings (SSSR count). The fourth-order valence-corrected chi connectivity index (χ4v) is 4.24. The summed E-state index contributed by atoms with van der Waals surface area (Å²) in [7, 11) is 1.74. The summed E-state index contributed by atoms with van der Waals surface area (Å²) >= 11 is 6.12. The number of piperidine rings is 1. The van der Waals surface area contributed by atoms with Gasteiger partial charge in [-0.3, -0.25) is 4.79 Å². The molecule has 1 saturated heterocycles. The summed E-state index contributed by atoms with van der Waals surface area (Å²) < 4.78 is 5.13. The Balaban J connectivity index is 0.00000300. The number of nitrogens with zero attached hydrogens (tertiary/aromatic N) is 3. The third-order valence-corrected chi connectivity index (χ3v) is 6.35. The number of ether oxygens (including phenoxy) is 1. The number of fused-ring (bicyclic) bond motifs is 1. The van der Waals surface area contributed by atoms with Crippen molar-refractivity contribution in [1.29, 1.82) is 0 Å². The van der Waals surface area contributed by atoms with Crippen molar-refractivity contribution < 1.29 is 9.53 Å². The maximum absolute atomic E-state index is 13.0. The number of halogens is 2. The summed E-state index contributed by atoms with van der Waals surface area (Å²) in [6.45, 7) is 7.22. The number of amides is 1. The van der Waals surface area contributed by atoms with Crippen LogP contribution in [0.1, 0.15) is 32.6 Å². The quantitative estimate of drug-likeness (QED) is 0.558. The second-order valence-electron chi connectivity index (χ2n) is 7.85. The van der Waals surface area contributed by atoms with Crippen molar-refractivity contribution in [3.8, 4) is 0 Å². The lowest BCUT2D eigenvalue weighted by Crippen LogP contribution is -2.50. The van der Waals surface area contributed by atoms with Crippen LogP contribution in [0.2, 0.25) is 0 Å². The first-order chi connectivity index (χ1) is 13.5. The molecule has 0 aromatic rings. The molecule has 0 aromatic carbocycles. The minimum atomic E-state index is -0.799. The van der Waals surface area contributed by atoms with Crippen LogP contribution in [0.3, 0.4) is 0 Å². The van der Waals surface area contributed by atoms with E-state index in [0.717, 1.165) is 45.5 Å². The zero-order chi connectivity index (χ0) is 20.1. The highest BCUT2D eigenvalue weighted by atomic mass is 35.5. The molecule has 3 N–H and O–H groups in total. The Morgan fingerprint density at radius 2 is 2.14 bits per heavy atom. The molecule has 1 amide bonds. The van der Waals surface area contributed by atoms with Gasteiger partial charge in [0.1, 0.15) is 11.7 Å². The minimum Gasteiger partial charge on any atom is -0.385 e. The van der Waals surface area contributed by atoms with Gasteiger partial charge in [0.15, 0.2) is 5.54 Å².